The molecule has 0 radical (unpaired) electrons. The maximum absolute atomic E-state index is 13.6. The van der Waals surface area contributed by atoms with E-state index in [1.165, 1.54) is 5.56 Å². The summed E-state index contributed by atoms with van der Waals surface area (Å²) in [6, 6.07) is 10.6. The molecule has 3 fully saturated rings. The molecule has 3 aliphatic rings. The van der Waals surface area contributed by atoms with Gasteiger partial charge in [-0.15, -0.1) is 0 Å². The molecule has 2 bridgehead atoms. The zero-order valence-electron chi connectivity index (χ0n) is 18.0. The number of fused-ring (bicyclic) bond motifs is 1. The highest BCUT2D eigenvalue weighted by atomic mass is 16.2. The third-order valence-corrected chi connectivity index (χ3v) is 7.70. The van der Waals surface area contributed by atoms with Gasteiger partial charge in [-0.3, -0.25) is 14.7 Å². The van der Waals surface area contributed by atoms with Gasteiger partial charge in [-0.25, -0.2) is 0 Å². The molecular formula is C24H30N4O2. The van der Waals surface area contributed by atoms with Gasteiger partial charge in [0.2, 0.25) is 5.91 Å². The molecule has 2 amide bonds. The highest BCUT2D eigenvalue weighted by Crippen LogP contribution is 2.53. The molecule has 2 aliphatic heterocycles. The number of aryl methyl sites for hydroxylation is 1. The van der Waals surface area contributed by atoms with Crippen LogP contribution in [0.15, 0.2) is 30.3 Å². The van der Waals surface area contributed by atoms with Crippen LogP contribution in [0.4, 0.5) is 0 Å². The molecule has 5 rings (SSSR count). The number of rotatable bonds is 2. The van der Waals surface area contributed by atoms with Crippen LogP contribution in [0, 0.1) is 12.3 Å². The monoisotopic (exact) mass is 406 g/mol. The molecule has 6 nitrogen and oxygen atoms in total. The number of likely N-dealkylation sites (tertiary alicyclic amines) is 2. The number of carbonyl (C=O) groups excluding carboxylic acids is 2. The molecule has 3 heterocycles. The van der Waals surface area contributed by atoms with Gasteiger partial charge in [0.15, 0.2) is 0 Å². The van der Waals surface area contributed by atoms with Crippen molar-refractivity contribution in [2.75, 3.05) is 6.54 Å². The summed E-state index contributed by atoms with van der Waals surface area (Å²) in [5, 5.41) is 7.39. The van der Waals surface area contributed by atoms with Gasteiger partial charge in [0, 0.05) is 36.5 Å². The molecule has 0 unspecified atom stereocenters. The quantitative estimate of drug-likeness (QED) is 0.825. The molecule has 2 saturated heterocycles. The van der Waals surface area contributed by atoms with Crippen LogP contribution < -0.4 is 0 Å². The molecule has 2 aromatic rings. The van der Waals surface area contributed by atoms with Crippen LogP contribution in [0.5, 0.6) is 0 Å². The summed E-state index contributed by atoms with van der Waals surface area (Å²) in [6.45, 7) is 6.65. The third kappa shape index (κ3) is 2.88. The van der Waals surface area contributed by atoms with Gasteiger partial charge in [-0.1, -0.05) is 49.6 Å². The Bertz CT molecular complexity index is 981. The predicted molar refractivity (Wildman–Crippen MR) is 115 cm³/mol. The number of nitrogens with one attached hydrogen (secondary N) is 1. The van der Waals surface area contributed by atoms with E-state index in [0.717, 1.165) is 43.4 Å². The molecule has 30 heavy (non-hydrogen) atoms. The molecular weight excluding hydrogens is 376 g/mol. The summed E-state index contributed by atoms with van der Waals surface area (Å²) >= 11 is 0. The Kier molecular flexibility index (Phi) is 4.49. The highest BCUT2D eigenvalue weighted by Gasteiger charge is 2.60. The van der Waals surface area contributed by atoms with Crippen molar-refractivity contribution in [3.05, 3.63) is 41.6 Å². The van der Waals surface area contributed by atoms with E-state index < -0.39 is 0 Å². The number of aromatic nitrogens is 2. The Morgan fingerprint density at radius 1 is 1.13 bits per heavy atom. The summed E-state index contributed by atoms with van der Waals surface area (Å²) < 4.78 is 0. The first kappa shape index (κ1) is 19.3. The van der Waals surface area contributed by atoms with Gasteiger partial charge in [0.25, 0.3) is 5.91 Å². The Hall–Kier alpha value is -2.63. The number of carbonyl (C=O) groups is 2. The van der Waals surface area contributed by atoms with Crippen molar-refractivity contribution in [3.63, 3.8) is 0 Å². The minimum absolute atomic E-state index is 0.00726. The number of piperidine rings is 1. The van der Waals surface area contributed by atoms with E-state index in [9.17, 15) is 9.59 Å². The Morgan fingerprint density at radius 3 is 2.53 bits per heavy atom. The summed E-state index contributed by atoms with van der Waals surface area (Å²) in [4.78, 5) is 30.2. The number of aromatic amines is 1. The fourth-order valence-electron chi connectivity index (χ4n) is 6.32. The van der Waals surface area contributed by atoms with Gasteiger partial charge in [-0.2, -0.15) is 5.10 Å². The maximum atomic E-state index is 13.6. The number of benzene rings is 1. The lowest BCUT2D eigenvalue weighted by molar-refractivity contribution is -0.132. The second kappa shape index (κ2) is 6.96. The van der Waals surface area contributed by atoms with Crippen LogP contribution in [-0.2, 0) is 4.79 Å². The Balaban J connectivity index is 1.46. The van der Waals surface area contributed by atoms with Gasteiger partial charge < -0.3 is 9.80 Å². The lowest BCUT2D eigenvalue weighted by Gasteiger charge is -2.46. The number of H-pyrrole nitrogens is 1. The third-order valence-electron chi connectivity index (χ3n) is 7.70. The predicted octanol–water partition coefficient (Wildman–Crippen LogP) is 3.78. The first-order valence-corrected chi connectivity index (χ1v) is 11.1. The van der Waals surface area contributed by atoms with Crippen molar-refractivity contribution in [2.24, 2.45) is 5.41 Å². The first-order chi connectivity index (χ1) is 14.4. The average Bonchev–Trinajstić information content (AvgIpc) is 3.24. The van der Waals surface area contributed by atoms with E-state index in [2.05, 4.69) is 41.1 Å². The van der Waals surface area contributed by atoms with E-state index in [0.29, 0.717) is 12.2 Å². The molecule has 158 valence electrons. The van der Waals surface area contributed by atoms with Crippen molar-refractivity contribution in [3.8, 4) is 11.3 Å². The molecule has 1 N–H and O–H groups in total. The normalized spacial score (nSPS) is 30.3. The smallest absolute Gasteiger partial charge is 0.272 e. The van der Waals surface area contributed by atoms with E-state index >= 15 is 0 Å². The second-order valence-corrected chi connectivity index (χ2v) is 9.60. The number of hydrogen-bond acceptors (Lipinski definition) is 3. The lowest BCUT2D eigenvalue weighted by atomic mass is 9.71. The van der Waals surface area contributed by atoms with Gasteiger partial charge >= 0.3 is 0 Å². The molecule has 1 saturated carbocycles. The minimum Gasteiger partial charge on any atom is -0.335 e. The van der Waals surface area contributed by atoms with E-state index in [4.69, 9.17) is 0 Å². The van der Waals surface area contributed by atoms with E-state index in [-0.39, 0.29) is 35.4 Å². The standard InChI is InChI=1S/C24H30N4O2/c1-15-8-10-17(11-9-15)19-12-20(26-25-19)23(30)27-14-18-13-24(3)21(27)6-4-5-7-22(24)28(18)16(2)29/h8-12,18,21-22H,4-7,13-14H2,1-3H3,(H,25,26)/t18-,21+,22-,24+/m0/s1. The Morgan fingerprint density at radius 2 is 1.83 bits per heavy atom. The largest absolute Gasteiger partial charge is 0.335 e. The van der Waals surface area contributed by atoms with Gasteiger partial charge in [0.1, 0.15) is 5.69 Å². The highest BCUT2D eigenvalue weighted by molar-refractivity contribution is 5.94. The zero-order valence-corrected chi connectivity index (χ0v) is 18.0. The molecule has 6 heteroatoms. The van der Waals surface area contributed by atoms with Crippen LogP contribution in [0.2, 0.25) is 0 Å². The molecule has 1 aliphatic carbocycles. The molecule has 1 aromatic carbocycles. The van der Waals surface area contributed by atoms with Crippen LogP contribution in [0.3, 0.4) is 0 Å². The van der Waals surface area contributed by atoms with Crippen LogP contribution in [-0.4, -0.2) is 56.5 Å². The van der Waals surface area contributed by atoms with Crippen LogP contribution >= 0.6 is 0 Å². The number of nitrogens with zero attached hydrogens (tertiary/aromatic N) is 3. The Labute approximate surface area is 177 Å². The SMILES string of the molecule is CC(=O)N1[C@@H]2CN(C(=O)c3cc(-c4ccc(C)cc4)n[nH]3)[C@@H]3CCCC[C@H]1[C@]3(C)C2. The lowest BCUT2D eigenvalue weighted by Crippen LogP contribution is -2.55. The van der Waals surface area contributed by atoms with Crippen molar-refractivity contribution in [2.45, 2.75) is 71.0 Å². The number of hydrogen-bond donors (Lipinski definition) is 1. The van der Waals surface area contributed by atoms with Crippen molar-refractivity contribution < 1.29 is 9.59 Å². The molecule has 1 aromatic heterocycles. The fraction of sp³-hybridized carbons (Fsp3) is 0.542. The van der Waals surface area contributed by atoms with Crippen LogP contribution in [0.25, 0.3) is 11.3 Å². The van der Waals surface area contributed by atoms with E-state index in [1.54, 1.807) is 6.92 Å². The van der Waals surface area contributed by atoms with Crippen molar-refractivity contribution in [1.29, 1.82) is 0 Å². The topological polar surface area (TPSA) is 69.3 Å². The number of amides is 2. The van der Waals surface area contributed by atoms with Crippen LogP contribution in [0.1, 0.15) is 62.0 Å². The molecule has 0 spiro atoms. The van der Waals surface area contributed by atoms with E-state index in [1.807, 2.05) is 23.1 Å². The van der Waals surface area contributed by atoms with Crippen molar-refractivity contribution in [1.82, 2.24) is 20.0 Å². The molecule has 4 atom stereocenters. The summed E-state index contributed by atoms with van der Waals surface area (Å²) in [5.41, 5.74) is 3.49. The average molecular weight is 407 g/mol. The fourth-order valence-corrected chi connectivity index (χ4v) is 6.32. The first-order valence-electron chi connectivity index (χ1n) is 11.1. The van der Waals surface area contributed by atoms with Gasteiger partial charge in [-0.05, 0) is 32.3 Å². The second-order valence-electron chi connectivity index (χ2n) is 9.60. The summed E-state index contributed by atoms with van der Waals surface area (Å²) in [7, 11) is 0. The zero-order chi connectivity index (χ0) is 21.0. The maximum Gasteiger partial charge on any atom is 0.272 e. The van der Waals surface area contributed by atoms with Crippen molar-refractivity contribution >= 4 is 11.8 Å². The summed E-state index contributed by atoms with van der Waals surface area (Å²) in [6.07, 6.45) is 5.29. The minimum atomic E-state index is -0.0272. The van der Waals surface area contributed by atoms with Gasteiger partial charge in [0.05, 0.1) is 11.7 Å². The summed E-state index contributed by atoms with van der Waals surface area (Å²) in [5.74, 6) is 0.153.